The zero-order valence-corrected chi connectivity index (χ0v) is 30.2. The number of aliphatic carboxylic acids is 1. The van der Waals surface area contributed by atoms with Gasteiger partial charge in [0.15, 0.2) is 0 Å². The van der Waals surface area contributed by atoms with E-state index in [0.29, 0.717) is 50.5 Å². The van der Waals surface area contributed by atoms with Crippen LogP contribution in [-0.4, -0.2) is 61.5 Å². The number of amides is 1. The van der Waals surface area contributed by atoms with Gasteiger partial charge >= 0.3 is 11.9 Å². The monoisotopic (exact) mass is 643 g/mol. The summed E-state index contributed by atoms with van der Waals surface area (Å²) >= 11 is 0. The van der Waals surface area contributed by atoms with Crippen molar-refractivity contribution in [3.63, 3.8) is 0 Å². The van der Waals surface area contributed by atoms with Crippen LogP contribution in [0.5, 0.6) is 0 Å². The van der Waals surface area contributed by atoms with Crippen LogP contribution >= 0.6 is 0 Å². The lowest BCUT2D eigenvalue weighted by molar-refractivity contribution is -0.268. The lowest BCUT2D eigenvalue weighted by Crippen LogP contribution is -2.70. The van der Waals surface area contributed by atoms with Gasteiger partial charge in [0.25, 0.3) is 0 Å². The molecule has 1 unspecified atom stereocenters. The largest absolute Gasteiger partial charge is 0.481 e. The molecule has 0 aromatic rings. The fourth-order valence-corrected chi connectivity index (χ4v) is 11.8. The summed E-state index contributed by atoms with van der Waals surface area (Å²) in [6, 6.07) is 0. The molecule has 0 aromatic carbocycles. The van der Waals surface area contributed by atoms with Crippen molar-refractivity contribution in [3.05, 3.63) is 11.6 Å². The Morgan fingerprint density at radius 3 is 2.33 bits per heavy atom. The average Bonchev–Trinajstić information content (AvgIpc) is 2.95. The van der Waals surface area contributed by atoms with Crippen molar-refractivity contribution in [1.82, 2.24) is 5.32 Å². The zero-order chi connectivity index (χ0) is 34.0. The molecular formula is C38H61NO7. The van der Waals surface area contributed by atoms with Crippen molar-refractivity contribution in [2.75, 3.05) is 26.4 Å². The van der Waals surface area contributed by atoms with E-state index in [0.717, 1.165) is 32.1 Å². The SMILES string of the molecule is CC(=O)NCC(C)CO[C@H]1[C@H](OC(C)=O)C[C@@]23COC[C@]1(C)[C@@H]2CC[C@H]1C3=CC[C@@]2(C)[C@H](C(=O)O)[C@@](C)([C@H](C)C(C)C)CC[C@]12C. The minimum atomic E-state index is -0.652. The van der Waals surface area contributed by atoms with E-state index >= 15 is 0 Å². The molecule has 2 N–H and O–H groups in total. The first-order valence-corrected chi connectivity index (χ1v) is 17.9. The molecule has 3 saturated carbocycles. The second kappa shape index (κ2) is 12.2. The molecule has 1 heterocycles. The molecule has 0 radical (unpaired) electrons. The average molecular weight is 644 g/mol. The summed E-state index contributed by atoms with van der Waals surface area (Å²) in [5.74, 6) is -0.0910. The Bertz CT molecular complexity index is 1250. The van der Waals surface area contributed by atoms with Gasteiger partial charge in [0.2, 0.25) is 5.91 Å². The number of hydrogen-bond donors (Lipinski definition) is 2. The number of fused-ring (bicyclic) bond motifs is 3. The van der Waals surface area contributed by atoms with E-state index in [1.54, 1.807) is 0 Å². The zero-order valence-electron chi connectivity index (χ0n) is 30.2. The molecule has 5 aliphatic rings. The van der Waals surface area contributed by atoms with Gasteiger partial charge in [-0.2, -0.15) is 0 Å². The summed E-state index contributed by atoms with van der Waals surface area (Å²) < 4.78 is 19.4. The summed E-state index contributed by atoms with van der Waals surface area (Å²) in [5, 5.41) is 13.8. The molecule has 4 fully saturated rings. The van der Waals surface area contributed by atoms with Crippen LogP contribution in [0.1, 0.15) is 108 Å². The predicted molar refractivity (Wildman–Crippen MR) is 177 cm³/mol. The van der Waals surface area contributed by atoms with Crippen molar-refractivity contribution in [3.8, 4) is 0 Å². The standard InChI is InChI=1S/C38H61NO7/c1-22(2)24(4)34(7)15-16-36(9)27-11-12-30-35(8)20-44-21-38(30,28(27)13-14-37(36,10)31(34)33(42)43)17-29(46-26(6)41)32(35)45-19-23(3)18-39-25(5)40/h13,22-24,27,29-32H,11-12,14-21H2,1-10H3,(H,39,40)(H,42,43)/t23?,24-,27+,29-,30+,31-,32+,34-,35-,36-,37+,38+/m1/s1. The molecule has 0 spiro atoms. The highest BCUT2D eigenvalue weighted by atomic mass is 16.6. The number of carbonyl (C=O) groups excluding carboxylic acids is 2. The third-order valence-electron chi connectivity index (χ3n) is 14.6. The molecule has 5 rings (SSSR count). The van der Waals surface area contributed by atoms with Gasteiger partial charge in [-0.3, -0.25) is 14.4 Å². The minimum absolute atomic E-state index is 0.0613. The van der Waals surface area contributed by atoms with Crippen molar-refractivity contribution >= 4 is 17.8 Å². The smallest absolute Gasteiger partial charge is 0.307 e. The van der Waals surface area contributed by atoms with Crippen molar-refractivity contribution < 1.29 is 33.7 Å². The van der Waals surface area contributed by atoms with Crippen molar-refractivity contribution in [2.24, 2.45) is 62.6 Å². The molecule has 8 nitrogen and oxygen atoms in total. The first-order chi connectivity index (χ1) is 21.4. The van der Waals surface area contributed by atoms with Gasteiger partial charge in [0, 0.05) is 31.2 Å². The normalized spacial score (nSPS) is 44.5. The quantitative estimate of drug-likeness (QED) is 0.213. The van der Waals surface area contributed by atoms with Crippen LogP contribution in [0.4, 0.5) is 0 Å². The highest BCUT2D eigenvalue weighted by Gasteiger charge is 2.72. The molecule has 12 atom stereocenters. The van der Waals surface area contributed by atoms with Crippen LogP contribution in [0.2, 0.25) is 0 Å². The van der Waals surface area contributed by atoms with Crippen LogP contribution in [0.3, 0.4) is 0 Å². The third-order valence-corrected chi connectivity index (χ3v) is 14.6. The highest BCUT2D eigenvalue weighted by Crippen LogP contribution is 2.75. The van der Waals surface area contributed by atoms with Crippen molar-refractivity contribution in [1.29, 1.82) is 0 Å². The lowest BCUT2D eigenvalue weighted by Gasteiger charge is -2.71. The number of carboxylic acid groups (broad SMARTS) is 1. The van der Waals surface area contributed by atoms with E-state index < -0.39 is 18.0 Å². The molecule has 8 heteroatoms. The summed E-state index contributed by atoms with van der Waals surface area (Å²) in [4.78, 5) is 37.4. The van der Waals surface area contributed by atoms with Gasteiger partial charge in [-0.25, -0.2) is 0 Å². The minimum Gasteiger partial charge on any atom is -0.481 e. The fraction of sp³-hybridized carbons (Fsp3) is 0.868. The number of carbonyl (C=O) groups is 3. The Balaban J connectivity index is 1.53. The Morgan fingerprint density at radius 2 is 1.72 bits per heavy atom. The first kappa shape index (κ1) is 35.4. The van der Waals surface area contributed by atoms with E-state index in [1.807, 2.05) is 0 Å². The molecule has 4 aliphatic carbocycles. The van der Waals surface area contributed by atoms with E-state index in [1.165, 1.54) is 19.4 Å². The summed E-state index contributed by atoms with van der Waals surface area (Å²) in [6.45, 7) is 23.1. The number of esters is 1. The van der Waals surface area contributed by atoms with Gasteiger partial charge in [-0.1, -0.05) is 67.0 Å². The number of carboxylic acids is 1. The molecule has 2 bridgehead atoms. The lowest BCUT2D eigenvalue weighted by atomic mass is 9.34. The van der Waals surface area contributed by atoms with Gasteiger partial charge in [-0.15, -0.1) is 0 Å². The molecule has 260 valence electrons. The number of nitrogens with one attached hydrogen (secondary N) is 1. The maximum absolute atomic E-state index is 13.3. The molecule has 0 aromatic heterocycles. The van der Waals surface area contributed by atoms with E-state index in [-0.39, 0.29) is 56.9 Å². The van der Waals surface area contributed by atoms with Crippen LogP contribution in [0, 0.1) is 62.6 Å². The maximum atomic E-state index is 13.3. The topological polar surface area (TPSA) is 111 Å². The van der Waals surface area contributed by atoms with E-state index in [9.17, 15) is 19.5 Å². The van der Waals surface area contributed by atoms with Gasteiger partial charge < -0.3 is 24.6 Å². The molecular weight excluding hydrogens is 582 g/mol. The second-order valence-corrected chi connectivity index (χ2v) is 17.5. The summed E-state index contributed by atoms with van der Waals surface area (Å²) in [7, 11) is 0. The predicted octanol–water partition coefficient (Wildman–Crippen LogP) is 6.66. The Hall–Kier alpha value is -1.93. The summed E-state index contributed by atoms with van der Waals surface area (Å²) in [5.41, 5.74) is -0.0623. The van der Waals surface area contributed by atoms with Crippen LogP contribution in [0.25, 0.3) is 0 Å². The maximum Gasteiger partial charge on any atom is 0.307 e. The Kier molecular flexibility index (Phi) is 9.38. The van der Waals surface area contributed by atoms with Crippen molar-refractivity contribution in [2.45, 2.75) is 120 Å². The molecule has 46 heavy (non-hydrogen) atoms. The van der Waals surface area contributed by atoms with Gasteiger partial charge in [-0.05, 0) is 84.4 Å². The van der Waals surface area contributed by atoms with Crippen LogP contribution < -0.4 is 5.32 Å². The van der Waals surface area contributed by atoms with E-state index in [2.05, 4.69) is 66.8 Å². The highest BCUT2D eigenvalue weighted by molar-refractivity contribution is 5.73. The number of ether oxygens (including phenoxy) is 3. The summed E-state index contributed by atoms with van der Waals surface area (Å²) in [6.07, 6.45) is 7.03. The van der Waals surface area contributed by atoms with Crippen LogP contribution in [-0.2, 0) is 28.6 Å². The first-order valence-electron chi connectivity index (χ1n) is 17.9. The number of rotatable bonds is 9. The Labute approximate surface area is 277 Å². The van der Waals surface area contributed by atoms with Gasteiger partial charge in [0.1, 0.15) is 12.2 Å². The number of allylic oxidation sites excluding steroid dienone is 1. The van der Waals surface area contributed by atoms with E-state index in [4.69, 9.17) is 14.2 Å². The van der Waals surface area contributed by atoms with Gasteiger partial charge in [0.05, 0.1) is 25.7 Å². The fourth-order valence-electron chi connectivity index (χ4n) is 11.8. The molecule has 1 saturated heterocycles. The number of hydrogen-bond acceptors (Lipinski definition) is 6. The third kappa shape index (κ3) is 5.27. The molecule has 1 aliphatic heterocycles. The second-order valence-electron chi connectivity index (χ2n) is 17.5. The molecule has 1 amide bonds. The Morgan fingerprint density at radius 1 is 1.02 bits per heavy atom. The van der Waals surface area contributed by atoms with Crippen LogP contribution in [0.15, 0.2) is 11.6 Å².